The number of hydrogen-bond acceptors (Lipinski definition) is 6. The monoisotopic (exact) mass is 390 g/mol. The van der Waals surface area contributed by atoms with Crippen LogP contribution in [0.1, 0.15) is 43.8 Å². The molecule has 0 spiro atoms. The van der Waals surface area contributed by atoms with Gasteiger partial charge in [0, 0.05) is 36.2 Å². The number of fused-ring (bicyclic) bond motifs is 5. The van der Waals surface area contributed by atoms with E-state index in [1.54, 1.807) is 7.11 Å². The lowest BCUT2D eigenvalue weighted by atomic mass is 10.0. The zero-order valence-electron chi connectivity index (χ0n) is 16.9. The van der Waals surface area contributed by atoms with Crippen LogP contribution in [0.2, 0.25) is 0 Å². The largest absolute Gasteiger partial charge is 0.497 e. The first-order valence-electron chi connectivity index (χ1n) is 9.74. The normalized spacial score (nSPS) is 12.4. The van der Waals surface area contributed by atoms with Gasteiger partial charge in [0.05, 0.1) is 24.2 Å². The van der Waals surface area contributed by atoms with Crippen LogP contribution in [-0.2, 0) is 13.0 Å². The van der Waals surface area contributed by atoms with Crippen molar-refractivity contribution in [1.82, 2.24) is 29.5 Å². The third-order valence-electron chi connectivity index (χ3n) is 5.26. The fourth-order valence-corrected chi connectivity index (χ4v) is 3.70. The van der Waals surface area contributed by atoms with Crippen molar-refractivity contribution in [2.75, 3.05) is 7.11 Å². The standard InChI is InChI=1S/C21H22N6O2/c1-5-26-10-13-8-17-19(21-23-20(12(2)3)25-29-21)22-11-27(17)16-7-6-14(28-4)9-15(16)18(13)24-26/h6-7,9-12H,5,8H2,1-4H3. The van der Waals surface area contributed by atoms with Crippen LogP contribution in [0, 0.1) is 0 Å². The van der Waals surface area contributed by atoms with E-state index in [1.807, 2.05) is 43.1 Å². The van der Waals surface area contributed by atoms with Crippen molar-refractivity contribution in [3.63, 3.8) is 0 Å². The minimum absolute atomic E-state index is 0.191. The first-order valence-corrected chi connectivity index (χ1v) is 9.74. The van der Waals surface area contributed by atoms with Gasteiger partial charge in [0.2, 0.25) is 0 Å². The number of ether oxygens (including phenoxy) is 1. The van der Waals surface area contributed by atoms with E-state index >= 15 is 0 Å². The lowest BCUT2D eigenvalue weighted by molar-refractivity contribution is 0.415. The Morgan fingerprint density at radius 1 is 1.24 bits per heavy atom. The summed E-state index contributed by atoms with van der Waals surface area (Å²) >= 11 is 0. The first-order chi connectivity index (χ1) is 14.1. The summed E-state index contributed by atoms with van der Waals surface area (Å²) in [4.78, 5) is 9.19. The molecular formula is C21H22N6O2. The molecular weight excluding hydrogens is 368 g/mol. The topological polar surface area (TPSA) is 83.8 Å². The third-order valence-corrected chi connectivity index (χ3v) is 5.26. The molecule has 4 aromatic rings. The number of benzene rings is 1. The maximum Gasteiger partial charge on any atom is 0.278 e. The molecule has 8 heteroatoms. The zero-order valence-corrected chi connectivity index (χ0v) is 16.9. The Morgan fingerprint density at radius 2 is 2.10 bits per heavy atom. The fraction of sp³-hybridized carbons (Fsp3) is 0.333. The predicted molar refractivity (Wildman–Crippen MR) is 107 cm³/mol. The molecule has 0 radical (unpaired) electrons. The Balaban J connectivity index is 1.73. The minimum Gasteiger partial charge on any atom is -0.497 e. The molecule has 0 aliphatic carbocycles. The molecule has 0 unspecified atom stereocenters. The number of rotatable bonds is 4. The van der Waals surface area contributed by atoms with Gasteiger partial charge in [-0.15, -0.1) is 0 Å². The molecule has 0 N–H and O–H groups in total. The van der Waals surface area contributed by atoms with E-state index < -0.39 is 0 Å². The molecule has 29 heavy (non-hydrogen) atoms. The van der Waals surface area contributed by atoms with E-state index in [4.69, 9.17) is 14.4 Å². The quantitative estimate of drug-likeness (QED) is 0.464. The number of hydrogen-bond donors (Lipinski definition) is 0. The molecule has 8 nitrogen and oxygen atoms in total. The molecule has 0 fully saturated rings. The van der Waals surface area contributed by atoms with Gasteiger partial charge in [-0.05, 0) is 25.1 Å². The second-order valence-corrected chi connectivity index (χ2v) is 7.44. The van der Waals surface area contributed by atoms with E-state index in [2.05, 4.69) is 32.8 Å². The lowest BCUT2D eigenvalue weighted by Gasteiger charge is -2.11. The van der Waals surface area contributed by atoms with Crippen LogP contribution >= 0.6 is 0 Å². The highest BCUT2D eigenvalue weighted by molar-refractivity contribution is 5.77. The van der Waals surface area contributed by atoms with Crippen LogP contribution in [0.25, 0.3) is 28.5 Å². The summed E-state index contributed by atoms with van der Waals surface area (Å²) in [6.07, 6.45) is 4.58. The molecule has 148 valence electrons. The van der Waals surface area contributed by atoms with Crippen molar-refractivity contribution in [2.45, 2.75) is 39.7 Å². The van der Waals surface area contributed by atoms with Gasteiger partial charge in [0.15, 0.2) is 11.5 Å². The van der Waals surface area contributed by atoms with E-state index in [9.17, 15) is 0 Å². The molecule has 4 heterocycles. The number of imidazole rings is 1. The van der Waals surface area contributed by atoms with Crippen LogP contribution in [0.3, 0.4) is 0 Å². The highest BCUT2D eigenvalue weighted by Gasteiger charge is 2.27. The van der Waals surface area contributed by atoms with Crippen LogP contribution in [0.5, 0.6) is 5.75 Å². The van der Waals surface area contributed by atoms with Crippen molar-refractivity contribution in [3.05, 3.63) is 47.8 Å². The highest BCUT2D eigenvalue weighted by Crippen LogP contribution is 2.38. The Morgan fingerprint density at radius 3 is 2.83 bits per heavy atom. The highest BCUT2D eigenvalue weighted by atomic mass is 16.5. The van der Waals surface area contributed by atoms with Crippen molar-refractivity contribution in [3.8, 4) is 34.3 Å². The van der Waals surface area contributed by atoms with E-state index in [0.29, 0.717) is 23.8 Å². The third kappa shape index (κ3) is 2.74. The van der Waals surface area contributed by atoms with Gasteiger partial charge in [-0.2, -0.15) is 10.1 Å². The first kappa shape index (κ1) is 17.7. The summed E-state index contributed by atoms with van der Waals surface area (Å²) in [6, 6.07) is 6.02. The molecule has 0 bridgehead atoms. The summed E-state index contributed by atoms with van der Waals surface area (Å²) < 4.78 is 15.0. The molecule has 0 atom stereocenters. The molecule has 0 saturated heterocycles. The number of methoxy groups -OCH3 is 1. The minimum atomic E-state index is 0.191. The number of aromatic nitrogens is 6. The van der Waals surface area contributed by atoms with Crippen LogP contribution in [-0.4, -0.2) is 36.6 Å². The molecule has 1 aromatic carbocycles. The van der Waals surface area contributed by atoms with Crippen LogP contribution in [0.15, 0.2) is 35.2 Å². The Bertz CT molecular complexity index is 1200. The Hall–Kier alpha value is -3.42. The smallest absolute Gasteiger partial charge is 0.278 e. The fourth-order valence-electron chi connectivity index (χ4n) is 3.70. The molecule has 3 aromatic heterocycles. The van der Waals surface area contributed by atoms with Gasteiger partial charge in [0.1, 0.15) is 12.1 Å². The summed E-state index contributed by atoms with van der Waals surface area (Å²) in [5.74, 6) is 2.11. The second-order valence-electron chi connectivity index (χ2n) is 7.44. The van der Waals surface area contributed by atoms with Gasteiger partial charge < -0.3 is 13.8 Å². The average Bonchev–Trinajstić information content (AvgIpc) is 3.44. The molecule has 0 amide bonds. The Kier molecular flexibility index (Phi) is 4.01. The molecule has 1 aliphatic rings. The van der Waals surface area contributed by atoms with Crippen molar-refractivity contribution >= 4 is 0 Å². The number of aryl methyl sites for hydroxylation is 1. The summed E-state index contributed by atoms with van der Waals surface area (Å²) in [7, 11) is 1.67. The average molecular weight is 390 g/mol. The summed E-state index contributed by atoms with van der Waals surface area (Å²) in [6.45, 7) is 6.97. The maximum absolute atomic E-state index is 5.54. The van der Waals surface area contributed by atoms with Gasteiger partial charge in [0.25, 0.3) is 5.89 Å². The summed E-state index contributed by atoms with van der Waals surface area (Å²) in [5, 5.41) is 8.92. The van der Waals surface area contributed by atoms with Gasteiger partial charge in [-0.25, -0.2) is 4.98 Å². The zero-order chi connectivity index (χ0) is 20.1. The number of nitrogens with zero attached hydrogens (tertiary/aromatic N) is 6. The SMILES string of the molecule is CCn1cc2c(n1)-c1cc(OC)ccc1-n1cnc(-c3nc(C(C)C)no3)c1C2. The van der Waals surface area contributed by atoms with Crippen molar-refractivity contribution in [1.29, 1.82) is 0 Å². The molecule has 1 aliphatic heterocycles. The predicted octanol–water partition coefficient (Wildman–Crippen LogP) is 3.84. The van der Waals surface area contributed by atoms with Crippen molar-refractivity contribution in [2.24, 2.45) is 0 Å². The van der Waals surface area contributed by atoms with Gasteiger partial charge in [-0.1, -0.05) is 19.0 Å². The molecule has 5 rings (SSSR count). The summed E-state index contributed by atoms with van der Waals surface area (Å²) in [5.41, 5.74) is 5.83. The van der Waals surface area contributed by atoms with Gasteiger partial charge >= 0.3 is 0 Å². The van der Waals surface area contributed by atoms with Crippen LogP contribution < -0.4 is 4.74 Å². The Labute approximate surface area is 168 Å². The van der Waals surface area contributed by atoms with Crippen molar-refractivity contribution < 1.29 is 9.26 Å². The van der Waals surface area contributed by atoms with Crippen LogP contribution in [0.4, 0.5) is 0 Å². The van der Waals surface area contributed by atoms with E-state index in [1.165, 1.54) is 0 Å². The van der Waals surface area contributed by atoms with Gasteiger partial charge in [-0.3, -0.25) is 4.68 Å². The van der Waals surface area contributed by atoms with E-state index in [0.717, 1.165) is 40.5 Å². The van der Waals surface area contributed by atoms with E-state index in [-0.39, 0.29) is 5.92 Å². The lowest BCUT2D eigenvalue weighted by Crippen LogP contribution is -2.01. The maximum atomic E-state index is 5.54. The second kappa shape index (κ2) is 6.58. The molecule has 0 saturated carbocycles.